The number of nitrogens with one attached hydrogen (secondary N) is 1. The van der Waals surface area contributed by atoms with E-state index in [-0.39, 0.29) is 18.1 Å². The lowest BCUT2D eigenvalue weighted by atomic mass is 10.1. The predicted octanol–water partition coefficient (Wildman–Crippen LogP) is 2.16. The van der Waals surface area contributed by atoms with E-state index in [1.54, 1.807) is 30.6 Å². The van der Waals surface area contributed by atoms with Crippen molar-refractivity contribution in [1.29, 1.82) is 0 Å². The standard InChI is InChI=1S/C17H19N3O3S/c1-24-17-12(5-4-9-19-17)16(21)20-13-11-22-10-7-14(13)23-15-6-2-3-8-18-15/h2-6,8-9,13-14H,7,10-11H2,1H3,(H,20,21)/t13-,14-/m1/s1. The Morgan fingerprint density at radius 1 is 1.29 bits per heavy atom. The fourth-order valence-electron chi connectivity index (χ4n) is 2.54. The molecule has 126 valence electrons. The maximum absolute atomic E-state index is 12.6. The van der Waals surface area contributed by atoms with Gasteiger partial charge in [0.1, 0.15) is 11.1 Å². The topological polar surface area (TPSA) is 73.3 Å². The van der Waals surface area contributed by atoms with E-state index >= 15 is 0 Å². The molecule has 0 spiro atoms. The van der Waals surface area contributed by atoms with E-state index in [1.165, 1.54) is 11.8 Å². The zero-order valence-electron chi connectivity index (χ0n) is 13.3. The zero-order chi connectivity index (χ0) is 16.8. The van der Waals surface area contributed by atoms with Crippen molar-refractivity contribution in [2.45, 2.75) is 23.6 Å². The van der Waals surface area contributed by atoms with Gasteiger partial charge < -0.3 is 14.8 Å². The summed E-state index contributed by atoms with van der Waals surface area (Å²) in [5.41, 5.74) is 0.562. The van der Waals surface area contributed by atoms with Crippen molar-refractivity contribution in [3.8, 4) is 5.88 Å². The third-order valence-electron chi connectivity index (χ3n) is 3.73. The summed E-state index contributed by atoms with van der Waals surface area (Å²) in [5.74, 6) is 0.382. The molecule has 0 saturated carbocycles. The Morgan fingerprint density at radius 2 is 2.17 bits per heavy atom. The Labute approximate surface area is 145 Å². The van der Waals surface area contributed by atoms with Crippen LogP contribution in [0.4, 0.5) is 0 Å². The van der Waals surface area contributed by atoms with Crippen molar-refractivity contribution in [1.82, 2.24) is 15.3 Å². The molecular formula is C17H19N3O3S. The van der Waals surface area contributed by atoms with Crippen LogP contribution in [0.5, 0.6) is 5.88 Å². The summed E-state index contributed by atoms with van der Waals surface area (Å²) in [6.07, 6.45) is 5.79. The summed E-state index contributed by atoms with van der Waals surface area (Å²) in [6.45, 7) is 1.02. The van der Waals surface area contributed by atoms with Gasteiger partial charge in [0.05, 0.1) is 24.8 Å². The minimum Gasteiger partial charge on any atom is -0.472 e. The van der Waals surface area contributed by atoms with Crippen LogP contribution >= 0.6 is 11.8 Å². The van der Waals surface area contributed by atoms with Crippen molar-refractivity contribution in [2.75, 3.05) is 19.5 Å². The van der Waals surface area contributed by atoms with Gasteiger partial charge in [0.15, 0.2) is 0 Å². The van der Waals surface area contributed by atoms with Gasteiger partial charge in [-0.05, 0) is 24.5 Å². The molecule has 0 aliphatic carbocycles. The average molecular weight is 345 g/mol. The normalized spacial score (nSPS) is 20.4. The summed E-state index contributed by atoms with van der Waals surface area (Å²) < 4.78 is 11.4. The number of ether oxygens (including phenoxy) is 2. The lowest BCUT2D eigenvalue weighted by molar-refractivity contribution is -0.00453. The molecular weight excluding hydrogens is 326 g/mol. The largest absolute Gasteiger partial charge is 0.472 e. The first-order valence-electron chi connectivity index (χ1n) is 7.73. The highest BCUT2D eigenvalue weighted by molar-refractivity contribution is 7.98. The zero-order valence-corrected chi connectivity index (χ0v) is 14.2. The van der Waals surface area contributed by atoms with E-state index < -0.39 is 0 Å². The van der Waals surface area contributed by atoms with Crippen LogP contribution in [0.3, 0.4) is 0 Å². The van der Waals surface area contributed by atoms with E-state index in [0.29, 0.717) is 36.1 Å². The molecule has 0 unspecified atom stereocenters. The van der Waals surface area contributed by atoms with Crippen LogP contribution in [-0.2, 0) is 4.74 Å². The summed E-state index contributed by atoms with van der Waals surface area (Å²) >= 11 is 1.44. The fraction of sp³-hybridized carbons (Fsp3) is 0.353. The number of rotatable bonds is 5. The molecule has 24 heavy (non-hydrogen) atoms. The molecule has 0 radical (unpaired) electrons. The van der Waals surface area contributed by atoms with Gasteiger partial charge in [0.25, 0.3) is 5.91 Å². The number of carbonyl (C=O) groups is 1. The van der Waals surface area contributed by atoms with E-state index in [4.69, 9.17) is 9.47 Å². The Hall–Kier alpha value is -2.12. The second-order valence-corrected chi connectivity index (χ2v) is 6.12. The number of hydrogen-bond acceptors (Lipinski definition) is 6. The number of pyridine rings is 2. The van der Waals surface area contributed by atoms with Crippen LogP contribution in [0.25, 0.3) is 0 Å². The van der Waals surface area contributed by atoms with Crippen molar-refractivity contribution in [2.24, 2.45) is 0 Å². The first-order valence-corrected chi connectivity index (χ1v) is 8.95. The summed E-state index contributed by atoms with van der Waals surface area (Å²) in [6, 6.07) is 8.81. The molecule has 1 aliphatic rings. The number of hydrogen-bond donors (Lipinski definition) is 1. The van der Waals surface area contributed by atoms with Crippen LogP contribution in [-0.4, -0.2) is 47.5 Å². The molecule has 1 amide bonds. The minimum absolute atomic E-state index is 0.169. The van der Waals surface area contributed by atoms with Crippen LogP contribution in [0.2, 0.25) is 0 Å². The van der Waals surface area contributed by atoms with E-state index in [2.05, 4.69) is 15.3 Å². The molecule has 2 aromatic heterocycles. The molecule has 1 aliphatic heterocycles. The molecule has 1 N–H and O–H groups in total. The van der Waals surface area contributed by atoms with Crippen molar-refractivity contribution in [3.05, 3.63) is 48.3 Å². The summed E-state index contributed by atoms with van der Waals surface area (Å²) in [5, 5.41) is 3.71. The lowest BCUT2D eigenvalue weighted by Gasteiger charge is -2.32. The fourth-order valence-corrected chi connectivity index (χ4v) is 3.09. The molecule has 0 bridgehead atoms. The highest BCUT2D eigenvalue weighted by atomic mass is 32.2. The second kappa shape index (κ2) is 8.12. The Morgan fingerprint density at radius 3 is 2.96 bits per heavy atom. The molecule has 1 fully saturated rings. The highest BCUT2D eigenvalue weighted by Gasteiger charge is 2.30. The van der Waals surface area contributed by atoms with Gasteiger partial charge in [0, 0.05) is 24.9 Å². The smallest absolute Gasteiger partial charge is 0.254 e. The number of thioether (sulfide) groups is 1. The first-order chi connectivity index (χ1) is 11.8. The molecule has 6 nitrogen and oxygen atoms in total. The molecule has 2 atom stereocenters. The molecule has 3 rings (SSSR count). The Balaban J connectivity index is 1.70. The molecule has 0 aromatic carbocycles. The highest BCUT2D eigenvalue weighted by Crippen LogP contribution is 2.19. The third-order valence-corrected chi connectivity index (χ3v) is 4.44. The van der Waals surface area contributed by atoms with E-state index in [1.807, 2.05) is 18.4 Å². The Bertz CT molecular complexity index is 684. The number of amides is 1. The molecule has 3 heterocycles. The Kier molecular flexibility index (Phi) is 5.66. The number of aromatic nitrogens is 2. The van der Waals surface area contributed by atoms with Crippen molar-refractivity contribution >= 4 is 17.7 Å². The second-order valence-electron chi connectivity index (χ2n) is 5.33. The predicted molar refractivity (Wildman–Crippen MR) is 91.4 cm³/mol. The average Bonchev–Trinajstić information content (AvgIpc) is 2.64. The molecule has 7 heteroatoms. The van der Waals surface area contributed by atoms with E-state index in [0.717, 1.165) is 0 Å². The van der Waals surface area contributed by atoms with Gasteiger partial charge in [-0.3, -0.25) is 4.79 Å². The SMILES string of the molecule is CSc1ncccc1C(=O)N[C@@H]1COCC[C@H]1Oc1ccccn1. The van der Waals surface area contributed by atoms with Crippen LogP contribution in [0.1, 0.15) is 16.8 Å². The van der Waals surface area contributed by atoms with E-state index in [9.17, 15) is 4.79 Å². The number of carbonyl (C=O) groups excluding carboxylic acids is 1. The van der Waals surface area contributed by atoms with Gasteiger partial charge >= 0.3 is 0 Å². The maximum atomic E-state index is 12.6. The molecule has 2 aromatic rings. The first kappa shape index (κ1) is 16.7. The van der Waals surface area contributed by atoms with Crippen LogP contribution < -0.4 is 10.1 Å². The number of nitrogens with zero attached hydrogens (tertiary/aromatic N) is 2. The summed E-state index contributed by atoms with van der Waals surface area (Å²) in [7, 11) is 0. The maximum Gasteiger partial charge on any atom is 0.254 e. The molecule has 1 saturated heterocycles. The summed E-state index contributed by atoms with van der Waals surface area (Å²) in [4.78, 5) is 21.0. The monoisotopic (exact) mass is 345 g/mol. The van der Waals surface area contributed by atoms with Gasteiger partial charge in [0.2, 0.25) is 5.88 Å². The minimum atomic E-state index is -0.233. The van der Waals surface area contributed by atoms with Gasteiger partial charge in [-0.15, -0.1) is 11.8 Å². The van der Waals surface area contributed by atoms with Gasteiger partial charge in [-0.2, -0.15) is 0 Å². The quantitative estimate of drug-likeness (QED) is 0.837. The lowest BCUT2D eigenvalue weighted by Crippen LogP contribution is -2.52. The van der Waals surface area contributed by atoms with Crippen LogP contribution in [0.15, 0.2) is 47.8 Å². The van der Waals surface area contributed by atoms with Crippen molar-refractivity contribution in [3.63, 3.8) is 0 Å². The van der Waals surface area contributed by atoms with Crippen LogP contribution in [0, 0.1) is 0 Å². The third kappa shape index (κ3) is 4.04. The van der Waals surface area contributed by atoms with Gasteiger partial charge in [-0.1, -0.05) is 6.07 Å². The van der Waals surface area contributed by atoms with Crippen molar-refractivity contribution < 1.29 is 14.3 Å². The van der Waals surface area contributed by atoms with Gasteiger partial charge in [-0.25, -0.2) is 9.97 Å².